The molecule has 1 N–H and O–H groups in total. The number of nitrogens with zero attached hydrogens (tertiary/aromatic N) is 1. The van der Waals surface area contributed by atoms with Gasteiger partial charge in [0.1, 0.15) is 5.60 Å². The lowest BCUT2D eigenvalue weighted by Crippen LogP contribution is -2.47. The maximum atomic E-state index is 14.0. The van der Waals surface area contributed by atoms with Gasteiger partial charge in [-0.15, -0.1) is 0 Å². The molecular weight excluding hydrogens is 586 g/mol. The standard InChI is InChI=1S/C37H55NO8/c1-24(2)28(23-45-35(40)26-14-11-10-12-15-26)20-31(39)30-22-29(25(3)4)34(38(30)36(41)46-37(5,6)7)27-16-17-32(43-9)33(21-27)44-19-13-18-42-8/h10-12,14-17,21,24-25,28-31,34,39H,13,18-20,22-23H2,1-9H3/t28-,29+,30+,31+,34+/m1/s1. The number of amides is 1. The summed E-state index contributed by atoms with van der Waals surface area (Å²) < 4.78 is 28.5. The molecule has 0 aliphatic carbocycles. The van der Waals surface area contributed by atoms with Crippen LogP contribution < -0.4 is 9.47 Å². The molecule has 0 bridgehead atoms. The molecule has 0 unspecified atom stereocenters. The van der Waals surface area contributed by atoms with Crippen LogP contribution in [0.5, 0.6) is 11.5 Å². The van der Waals surface area contributed by atoms with Crippen LogP contribution in [0.3, 0.4) is 0 Å². The number of carbonyl (C=O) groups is 2. The molecule has 1 aliphatic rings. The smallest absolute Gasteiger partial charge is 0.411 e. The monoisotopic (exact) mass is 641 g/mol. The molecule has 1 amide bonds. The lowest BCUT2D eigenvalue weighted by atomic mass is 9.83. The van der Waals surface area contributed by atoms with Gasteiger partial charge >= 0.3 is 12.1 Å². The Morgan fingerprint density at radius 1 is 0.978 bits per heavy atom. The van der Waals surface area contributed by atoms with E-state index in [4.69, 9.17) is 23.7 Å². The number of methoxy groups -OCH3 is 2. The highest BCUT2D eigenvalue weighted by Crippen LogP contribution is 2.48. The summed E-state index contributed by atoms with van der Waals surface area (Å²) in [4.78, 5) is 28.5. The van der Waals surface area contributed by atoms with Crippen molar-refractivity contribution < 1.29 is 38.4 Å². The van der Waals surface area contributed by atoms with Gasteiger partial charge < -0.3 is 28.8 Å². The van der Waals surface area contributed by atoms with Gasteiger partial charge in [-0.05, 0) is 87.1 Å². The fraction of sp³-hybridized carbons (Fsp3) is 0.622. The summed E-state index contributed by atoms with van der Waals surface area (Å²) in [6, 6.07) is 13.8. The molecule has 0 radical (unpaired) electrons. The number of aliphatic hydroxyl groups excluding tert-OH is 1. The first-order valence-corrected chi connectivity index (χ1v) is 16.5. The lowest BCUT2D eigenvalue weighted by Gasteiger charge is -2.37. The average Bonchev–Trinajstić information content (AvgIpc) is 3.42. The van der Waals surface area contributed by atoms with Crippen LogP contribution in [0, 0.1) is 23.7 Å². The summed E-state index contributed by atoms with van der Waals surface area (Å²) in [5.74, 6) is 1.05. The van der Waals surface area contributed by atoms with Crippen LogP contribution in [0.15, 0.2) is 48.5 Å². The SMILES string of the molecule is COCCCOc1cc([C@H]2[C@H](C(C)C)C[C@@H]([C@@H](O)C[C@H](COC(=O)c3ccccc3)C(C)C)N2C(=O)OC(C)(C)C)ccc1OC. The van der Waals surface area contributed by atoms with Crippen molar-refractivity contribution in [1.29, 1.82) is 0 Å². The van der Waals surface area contributed by atoms with Gasteiger partial charge in [-0.1, -0.05) is 52.0 Å². The molecule has 0 aromatic heterocycles. The van der Waals surface area contributed by atoms with Crippen molar-refractivity contribution in [2.24, 2.45) is 23.7 Å². The number of aliphatic hydroxyl groups is 1. The third kappa shape index (κ3) is 10.1. The molecule has 1 aliphatic heterocycles. The Morgan fingerprint density at radius 3 is 2.26 bits per heavy atom. The number of carbonyl (C=O) groups excluding carboxylic acids is 2. The number of benzene rings is 2. The van der Waals surface area contributed by atoms with Crippen molar-refractivity contribution in [2.45, 2.75) is 91.5 Å². The van der Waals surface area contributed by atoms with Crippen LogP contribution in [0.1, 0.15) is 89.7 Å². The van der Waals surface area contributed by atoms with E-state index in [2.05, 4.69) is 27.7 Å². The molecule has 46 heavy (non-hydrogen) atoms. The summed E-state index contributed by atoms with van der Waals surface area (Å²) in [5.41, 5.74) is 0.648. The van der Waals surface area contributed by atoms with E-state index >= 15 is 0 Å². The molecular formula is C37H55NO8. The number of ether oxygens (including phenoxy) is 5. The molecule has 9 heteroatoms. The van der Waals surface area contributed by atoms with Crippen molar-refractivity contribution in [3.05, 3.63) is 59.7 Å². The van der Waals surface area contributed by atoms with Crippen LogP contribution in [0.2, 0.25) is 0 Å². The molecule has 5 atom stereocenters. The van der Waals surface area contributed by atoms with Gasteiger partial charge in [-0.2, -0.15) is 0 Å². The molecule has 0 saturated carbocycles. The minimum atomic E-state index is -0.871. The van der Waals surface area contributed by atoms with Crippen LogP contribution >= 0.6 is 0 Å². The second-order valence-electron chi connectivity index (χ2n) is 13.9. The first kappa shape index (κ1) is 37.2. The molecule has 2 aromatic carbocycles. The molecule has 1 heterocycles. The van der Waals surface area contributed by atoms with E-state index in [1.807, 2.05) is 45.0 Å². The third-order valence-corrected chi connectivity index (χ3v) is 8.69. The van der Waals surface area contributed by atoms with Gasteiger partial charge in [0.25, 0.3) is 0 Å². The number of hydrogen-bond donors (Lipinski definition) is 1. The Bertz CT molecular complexity index is 1240. The predicted molar refractivity (Wildman–Crippen MR) is 178 cm³/mol. The van der Waals surface area contributed by atoms with Crippen LogP contribution in [-0.4, -0.2) is 73.9 Å². The first-order chi connectivity index (χ1) is 21.8. The van der Waals surface area contributed by atoms with E-state index in [0.29, 0.717) is 43.1 Å². The van der Waals surface area contributed by atoms with E-state index < -0.39 is 29.8 Å². The number of esters is 1. The van der Waals surface area contributed by atoms with Crippen molar-refractivity contribution in [1.82, 2.24) is 4.90 Å². The Balaban J connectivity index is 1.94. The minimum Gasteiger partial charge on any atom is -0.493 e. The van der Waals surface area contributed by atoms with Gasteiger partial charge in [0.2, 0.25) is 0 Å². The topological polar surface area (TPSA) is 104 Å². The largest absolute Gasteiger partial charge is 0.493 e. The van der Waals surface area contributed by atoms with Gasteiger partial charge in [-0.25, -0.2) is 9.59 Å². The molecule has 1 fully saturated rings. The van der Waals surface area contributed by atoms with Crippen molar-refractivity contribution >= 4 is 12.1 Å². The summed E-state index contributed by atoms with van der Waals surface area (Å²) in [6.45, 7) is 15.1. The van der Waals surface area contributed by atoms with E-state index in [9.17, 15) is 14.7 Å². The Kier molecular flexibility index (Phi) is 13.8. The quantitative estimate of drug-likeness (QED) is 0.160. The fourth-order valence-electron chi connectivity index (χ4n) is 6.10. The second-order valence-corrected chi connectivity index (χ2v) is 13.9. The van der Waals surface area contributed by atoms with Gasteiger partial charge in [0.05, 0.1) is 44.1 Å². The maximum absolute atomic E-state index is 14.0. The van der Waals surface area contributed by atoms with Crippen molar-refractivity contribution in [3.8, 4) is 11.5 Å². The number of likely N-dealkylation sites (tertiary alicyclic amines) is 1. The Hall–Kier alpha value is -3.30. The second kappa shape index (κ2) is 17.0. The maximum Gasteiger partial charge on any atom is 0.411 e. The third-order valence-electron chi connectivity index (χ3n) is 8.69. The predicted octanol–water partition coefficient (Wildman–Crippen LogP) is 7.31. The summed E-state index contributed by atoms with van der Waals surface area (Å²) >= 11 is 0. The first-order valence-electron chi connectivity index (χ1n) is 16.5. The molecule has 9 nitrogen and oxygen atoms in total. The molecule has 1 saturated heterocycles. The summed E-state index contributed by atoms with van der Waals surface area (Å²) in [7, 11) is 3.26. The van der Waals surface area contributed by atoms with E-state index in [1.54, 1.807) is 43.4 Å². The molecule has 256 valence electrons. The highest BCUT2D eigenvalue weighted by atomic mass is 16.6. The highest BCUT2D eigenvalue weighted by Gasteiger charge is 2.50. The Labute approximate surface area is 275 Å². The normalized spacial score (nSPS) is 19.7. The molecule has 0 spiro atoms. The lowest BCUT2D eigenvalue weighted by molar-refractivity contribution is -0.0149. The zero-order valence-electron chi connectivity index (χ0n) is 29.2. The minimum absolute atomic E-state index is 0.0373. The zero-order chi connectivity index (χ0) is 34.0. The van der Waals surface area contributed by atoms with Crippen molar-refractivity contribution in [3.63, 3.8) is 0 Å². The Morgan fingerprint density at radius 2 is 1.67 bits per heavy atom. The fourth-order valence-corrected chi connectivity index (χ4v) is 6.10. The number of hydrogen-bond acceptors (Lipinski definition) is 8. The van der Waals surface area contributed by atoms with Crippen LogP contribution in [0.25, 0.3) is 0 Å². The average molecular weight is 642 g/mol. The van der Waals surface area contributed by atoms with Gasteiger partial charge in [-0.3, -0.25) is 4.90 Å². The van der Waals surface area contributed by atoms with Crippen LogP contribution in [0.4, 0.5) is 4.79 Å². The zero-order valence-corrected chi connectivity index (χ0v) is 29.2. The summed E-state index contributed by atoms with van der Waals surface area (Å²) in [5, 5.41) is 11.9. The summed E-state index contributed by atoms with van der Waals surface area (Å²) in [6.07, 6.45) is 0.326. The van der Waals surface area contributed by atoms with Gasteiger partial charge in [0, 0.05) is 20.1 Å². The van der Waals surface area contributed by atoms with E-state index in [0.717, 1.165) is 12.0 Å². The molecule has 3 rings (SSSR count). The highest BCUT2D eigenvalue weighted by molar-refractivity contribution is 5.89. The van der Waals surface area contributed by atoms with E-state index in [-0.39, 0.29) is 36.3 Å². The van der Waals surface area contributed by atoms with Gasteiger partial charge in [0.15, 0.2) is 11.5 Å². The van der Waals surface area contributed by atoms with E-state index in [1.165, 1.54) is 0 Å². The van der Waals surface area contributed by atoms with Crippen LogP contribution in [-0.2, 0) is 14.2 Å². The van der Waals surface area contributed by atoms with Crippen molar-refractivity contribution in [2.75, 3.05) is 34.0 Å². The molecule has 2 aromatic rings. The number of rotatable bonds is 15.